The standard InChI is InChI=1S/C18H20O.C2H6/c1-14-7-9-16(10-8-14)17-11-18(12-17)19-13-15-5-3-2-4-6-15;1-2/h2-10,17-18H,11-13H2,1H3;1-2H3. The van der Waals surface area contributed by atoms with Crippen molar-refractivity contribution in [1.82, 2.24) is 0 Å². The predicted molar refractivity (Wildman–Crippen MR) is 89.5 cm³/mol. The van der Waals surface area contributed by atoms with Crippen LogP contribution in [0, 0.1) is 6.92 Å². The molecular weight excluding hydrogens is 256 g/mol. The highest BCUT2D eigenvalue weighted by atomic mass is 16.5. The molecule has 1 heteroatoms. The van der Waals surface area contributed by atoms with E-state index in [0.717, 1.165) is 19.4 Å². The number of hydrogen-bond acceptors (Lipinski definition) is 1. The smallest absolute Gasteiger partial charge is 0.0720 e. The van der Waals surface area contributed by atoms with Gasteiger partial charge in [-0.05, 0) is 36.8 Å². The molecule has 1 aliphatic carbocycles. The first kappa shape index (κ1) is 15.8. The van der Waals surface area contributed by atoms with Crippen LogP contribution in [0.2, 0.25) is 0 Å². The number of benzene rings is 2. The van der Waals surface area contributed by atoms with E-state index < -0.39 is 0 Å². The van der Waals surface area contributed by atoms with Crippen molar-refractivity contribution < 1.29 is 4.74 Å². The van der Waals surface area contributed by atoms with Gasteiger partial charge in [-0.15, -0.1) is 0 Å². The summed E-state index contributed by atoms with van der Waals surface area (Å²) in [6, 6.07) is 19.3. The molecule has 0 amide bonds. The summed E-state index contributed by atoms with van der Waals surface area (Å²) in [5.74, 6) is 0.696. The topological polar surface area (TPSA) is 9.23 Å². The maximum absolute atomic E-state index is 5.94. The molecule has 1 aliphatic rings. The summed E-state index contributed by atoms with van der Waals surface area (Å²) in [6.45, 7) is 6.88. The van der Waals surface area contributed by atoms with Crippen LogP contribution in [-0.2, 0) is 11.3 Å². The van der Waals surface area contributed by atoms with Crippen LogP contribution in [0.3, 0.4) is 0 Å². The molecule has 0 spiro atoms. The number of ether oxygens (including phenoxy) is 1. The highest BCUT2D eigenvalue weighted by molar-refractivity contribution is 5.26. The SMILES string of the molecule is CC.Cc1ccc(C2CC(OCc3ccccc3)C2)cc1. The molecule has 1 fully saturated rings. The lowest BCUT2D eigenvalue weighted by Crippen LogP contribution is -2.29. The normalized spacial score (nSPS) is 20.1. The van der Waals surface area contributed by atoms with Crippen molar-refractivity contribution in [3.8, 4) is 0 Å². The lowest BCUT2D eigenvalue weighted by Gasteiger charge is -2.35. The molecule has 2 aromatic rings. The van der Waals surface area contributed by atoms with Gasteiger partial charge in [0.1, 0.15) is 0 Å². The van der Waals surface area contributed by atoms with E-state index >= 15 is 0 Å². The fourth-order valence-corrected chi connectivity index (χ4v) is 2.60. The molecule has 2 aromatic carbocycles. The Morgan fingerprint density at radius 2 is 1.52 bits per heavy atom. The number of hydrogen-bond donors (Lipinski definition) is 0. The van der Waals surface area contributed by atoms with Gasteiger partial charge in [-0.3, -0.25) is 0 Å². The molecule has 21 heavy (non-hydrogen) atoms. The lowest BCUT2D eigenvalue weighted by molar-refractivity contribution is -0.0207. The van der Waals surface area contributed by atoms with Gasteiger partial charge in [-0.1, -0.05) is 74.0 Å². The summed E-state index contributed by atoms with van der Waals surface area (Å²) in [4.78, 5) is 0. The van der Waals surface area contributed by atoms with Gasteiger partial charge in [0.15, 0.2) is 0 Å². The second-order valence-electron chi connectivity index (χ2n) is 5.50. The molecule has 0 aliphatic heterocycles. The van der Waals surface area contributed by atoms with E-state index in [1.54, 1.807) is 0 Å². The van der Waals surface area contributed by atoms with Gasteiger partial charge in [-0.2, -0.15) is 0 Å². The van der Waals surface area contributed by atoms with Crippen LogP contribution in [0.1, 0.15) is 49.3 Å². The summed E-state index contributed by atoms with van der Waals surface area (Å²) >= 11 is 0. The van der Waals surface area contributed by atoms with Crippen LogP contribution >= 0.6 is 0 Å². The van der Waals surface area contributed by atoms with Gasteiger partial charge < -0.3 is 4.74 Å². The zero-order chi connectivity index (χ0) is 15.1. The first-order chi connectivity index (χ1) is 10.3. The van der Waals surface area contributed by atoms with Crippen LogP contribution in [0.5, 0.6) is 0 Å². The first-order valence-corrected chi connectivity index (χ1v) is 8.03. The molecule has 0 radical (unpaired) electrons. The van der Waals surface area contributed by atoms with E-state index in [0.29, 0.717) is 12.0 Å². The van der Waals surface area contributed by atoms with Crippen molar-refractivity contribution in [3.63, 3.8) is 0 Å². The van der Waals surface area contributed by atoms with E-state index in [-0.39, 0.29) is 0 Å². The highest BCUT2D eigenvalue weighted by Gasteiger charge is 2.30. The van der Waals surface area contributed by atoms with E-state index in [4.69, 9.17) is 4.74 Å². The summed E-state index contributed by atoms with van der Waals surface area (Å²) in [5, 5.41) is 0. The maximum atomic E-state index is 5.94. The van der Waals surface area contributed by atoms with Crippen LogP contribution in [0.15, 0.2) is 54.6 Å². The quantitative estimate of drug-likeness (QED) is 0.721. The van der Waals surface area contributed by atoms with E-state index in [9.17, 15) is 0 Å². The van der Waals surface area contributed by atoms with Crippen LogP contribution in [-0.4, -0.2) is 6.10 Å². The zero-order valence-electron chi connectivity index (χ0n) is 13.4. The molecule has 112 valence electrons. The van der Waals surface area contributed by atoms with Gasteiger partial charge in [0.25, 0.3) is 0 Å². The first-order valence-electron chi connectivity index (χ1n) is 8.03. The van der Waals surface area contributed by atoms with Crippen molar-refractivity contribution in [2.75, 3.05) is 0 Å². The van der Waals surface area contributed by atoms with Gasteiger partial charge in [0, 0.05) is 0 Å². The minimum absolute atomic E-state index is 0.437. The van der Waals surface area contributed by atoms with E-state index in [2.05, 4.69) is 55.5 Å². The Labute approximate surface area is 129 Å². The Bertz CT molecular complexity index is 509. The Morgan fingerprint density at radius 3 is 2.14 bits per heavy atom. The molecular formula is C20H26O. The van der Waals surface area contributed by atoms with Crippen LogP contribution in [0.4, 0.5) is 0 Å². The van der Waals surface area contributed by atoms with Gasteiger partial charge in [-0.25, -0.2) is 0 Å². The predicted octanol–water partition coefficient (Wildman–Crippen LogP) is 5.48. The van der Waals surface area contributed by atoms with Crippen molar-refractivity contribution >= 4 is 0 Å². The van der Waals surface area contributed by atoms with Crippen molar-refractivity contribution in [1.29, 1.82) is 0 Å². The highest BCUT2D eigenvalue weighted by Crippen LogP contribution is 2.39. The summed E-state index contributed by atoms with van der Waals surface area (Å²) in [5.41, 5.74) is 4.06. The van der Waals surface area contributed by atoms with Crippen molar-refractivity contribution in [2.45, 2.75) is 52.2 Å². The summed E-state index contributed by atoms with van der Waals surface area (Å²) < 4.78 is 5.94. The summed E-state index contributed by atoms with van der Waals surface area (Å²) in [6.07, 6.45) is 2.76. The Kier molecular flexibility index (Phi) is 6.01. The molecule has 0 unspecified atom stereocenters. The molecule has 0 bridgehead atoms. The fourth-order valence-electron chi connectivity index (χ4n) is 2.60. The molecule has 0 N–H and O–H groups in total. The zero-order valence-corrected chi connectivity index (χ0v) is 13.4. The second kappa shape index (κ2) is 7.99. The maximum Gasteiger partial charge on any atom is 0.0720 e. The molecule has 1 saturated carbocycles. The van der Waals surface area contributed by atoms with Crippen molar-refractivity contribution in [3.05, 3.63) is 71.3 Å². The molecule has 0 atom stereocenters. The largest absolute Gasteiger partial charge is 0.373 e. The average molecular weight is 282 g/mol. The monoisotopic (exact) mass is 282 g/mol. The third kappa shape index (κ3) is 4.44. The van der Waals surface area contributed by atoms with Crippen LogP contribution < -0.4 is 0 Å². The fraction of sp³-hybridized carbons (Fsp3) is 0.400. The van der Waals surface area contributed by atoms with Crippen LogP contribution in [0.25, 0.3) is 0 Å². The number of aryl methyl sites for hydroxylation is 1. The molecule has 1 nitrogen and oxygen atoms in total. The van der Waals surface area contributed by atoms with E-state index in [1.165, 1.54) is 16.7 Å². The molecule has 0 aromatic heterocycles. The van der Waals surface area contributed by atoms with Gasteiger partial charge in [0.2, 0.25) is 0 Å². The Morgan fingerprint density at radius 1 is 0.905 bits per heavy atom. The molecule has 0 saturated heterocycles. The Hall–Kier alpha value is -1.60. The molecule has 3 rings (SSSR count). The molecule has 0 heterocycles. The number of rotatable bonds is 4. The van der Waals surface area contributed by atoms with Gasteiger partial charge in [0.05, 0.1) is 12.7 Å². The minimum Gasteiger partial charge on any atom is -0.373 e. The van der Waals surface area contributed by atoms with Gasteiger partial charge >= 0.3 is 0 Å². The van der Waals surface area contributed by atoms with Crippen molar-refractivity contribution in [2.24, 2.45) is 0 Å². The third-order valence-corrected chi connectivity index (χ3v) is 3.97. The lowest BCUT2D eigenvalue weighted by atomic mass is 9.77. The summed E-state index contributed by atoms with van der Waals surface area (Å²) in [7, 11) is 0. The second-order valence-corrected chi connectivity index (χ2v) is 5.50. The average Bonchev–Trinajstić information content (AvgIpc) is 2.50. The third-order valence-electron chi connectivity index (χ3n) is 3.97. The minimum atomic E-state index is 0.437. The Balaban J connectivity index is 0.000000774. The van der Waals surface area contributed by atoms with E-state index in [1.807, 2.05) is 19.9 Å².